The second kappa shape index (κ2) is 10.9. The monoisotopic (exact) mass is 354 g/mol. The van der Waals surface area contributed by atoms with Crippen molar-refractivity contribution in [1.29, 1.82) is 0 Å². The Kier molecular flexibility index (Phi) is 19.2. The molecule has 14 heavy (non-hydrogen) atoms. The van der Waals surface area contributed by atoms with Gasteiger partial charge in [0, 0.05) is 0 Å². The van der Waals surface area contributed by atoms with Crippen LogP contribution in [0.3, 0.4) is 0 Å². The van der Waals surface area contributed by atoms with Gasteiger partial charge in [-0.25, -0.2) is 12.1 Å². The molecule has 0 saturated carbocycles. The third kappa shape index (κ3) is 6.83. The Bertz CT molecular complexity index is 222. The molecule has 0 radical (unpaired) electrons. The first-order valence-corrected chi connectivity index (χ1v) is 2.26. The molecule has 1 aromatic rings. The summed E-state index contributed by atoms with van der Waals surface area (Å²) in [5.41, 5.74) is 0. The van der Waals surface area contributed by atoms with Crippen molar-refractivity contribution in [1.82, 2.24) is 0 Å². The van der Waals surface area contributed by atoms with Crippen molar-refractivity contribution in [3.8, 4) is 0 Å². The summed E-state index contributed by atoms with van der Waals surface area (Å²) in [5.74, 6) is -6.28. The van der Waals surface area contributed by atoms with E-state index in [1.54, 1.807) is 0 Å². The van der Waals surface area contributed by atoms with Crippen molar-refractivity contribution in [2.75, 3.05) is 0 Å². The van der Waals surface area contributed by atoms with Crippen LogP contribution in [0.1, 0.15) is 0 Å². The van der Waals surface area contributed by atoms with Crippen molar-refractivity contribution in [2.24, 2.45) is 0 Å². The maximum atomic E-state index is 11.9. The summed E-state index contributed by atoms with van der Waals surface area (Å²) in [4.78, 5) is 0. The van der Waals surface area contributed by atoms with E-state index in [0.717, 1.165) is 0 Å². The first-order valence-electron chi connectivity index (χ1n) is 2.26. The van der Waals surface area contributed by atoms with Crippen LogP contribution in [0, 0.1) is 35.4 Å². The molecular weight excluding hydrogens is 356 g/mol. The van der Waals surface area contributed by atoms with Gasteiger partial charge in [0.05, 0.1) is 0 Å². The van der Waals surface area contributed by atoms with Gasteiger partial charge in [0.15, 0.2) is 0 Å². The van der Waals surface area contributed by atoms with Gasteiger partial charge in [-0.2, -0.15) is 0 Å². The number of benzene rings is 1. The fourth-order valence-electron chi connectivity index (χ4n) is 0.412. The van der Waals surface area contributed by atoms with Crippen molar-refractivity contribution in [2.45, 2.75) is 0 Å². The summed E-state index contributed by atoms with van der Waals surface area (Å²) in [6, 6.07) is 2.38. The van der Waals surface area contributed by atoms with Crippen molar-refractivity contribution >= 4 is 46.1 Å². The Morgan fingerprint density at radius 1 is 0.571 bits per heavy atom. The fourth-order valence-corrected chi connectivity index (χ4v) is 0.412. The molecule has 0 aliphatic carbocycles. The molecule has 0 aliphatic rings. The van der Waals surface area contributed by atoms with E-state index in [1.165, 1.54) is 12.1 Å². The Morgan fingerprint density at radius 3 is 0.857 bits per heavy atom. The van der Waals surface area contributed by atoms with Crippen molar-refractivity contribution in [3.05, 3.63) is 35.4 Å². The molecule has 70 valence electrons. The zero-order chi connectivity index (χ0) is 7.72. The maximum Gasteiger partial charge on any atom is 2.00 e. The average Bonchev–Trinajstić information content (AvgIpc) is 1.84. The first kappa shape index (κ1) is 24.6. The van der Waals surface area contributed by atoms with Gasteiger partial charge in [-0.15, -0.1) is 0 Å². The van der Waals surface area contributed by atoms with Gasteiger partial charge < -0.3 is 51.5 Å². The minimum absolute atomic E-state index is 0. The molecule has 8 heteroatoms. The molecule has 1 rings (SSSR count). The normalized spacial score (nSPS) is 7.14. The van der Waals surface area contributed by atoms with E-state index < -0.39 is 23.3 Å². The largest absolute Gasteiger partial charge is 2.00 e. The smallest absolute Gasteiger partial charge is 1.00 e. The van der Waals surface area contributed by atoms with Crippen LogP contribution in [-0.4, -0.2) is 46.1 Å². The van der Waals surface area contributed by atoms with E-state index in [0.29, 0.717) is 0 Å². The molecule has 0 spiro atoms. The molecule has 0 unspecified atom stereocenters. The Balaban J connectivity index is -0.000000125. The predicted octanol–water partition coefficient (Wildman–Crippen LogP) is -4.91. The molecule has 1 aromatic carbocycles. The van der Waals surface area contributed by atoms with Crippen LogP contribution < -0.4 is 34.0 Å². The summed E-state index contributed by atoms with van der Waals surface area (Å²) in [6.07, 6.45) is 0. The number of rotatable bonds is 0. The molecule has 0 fully saturated rings. The SMILES string of the molecule is Fc1[c-]c(F)c(F)[c-]c1F.[Br-].[Br-].[Mg+2].[Mg+2]. The Hall–Kier alpha value is 1.43. The van der Waals surface area contributed by atoms with Gasteiger partial charge in [-0.3, -0.25) is 0 Å². The summed E-state index contributed by atoms with van der Waals surface area (Å²) < 4.78 is 47.6. The van der Waals surface area contributed by atoms with E-state index in [2.05, 4.69) is 0 Å². The third-order valence-corrected chi connectivity index (χ3v) is 0.824. The minimum atomic E-state index is -1.57. The predicted molar refractivity (Wildman–Crippen MR) is 35.5 cm³/mol. The molecule has 0 saturated heterocycles. The van der Waals surface area contributed by atoms with Gasteiger partial charge >= 0.3 is 46.1 Å². The van der Waals surface area contributed by atoms with E-state index in [-0.39, 0.29) is 80.1 Å². The summed E-state index contributed by atoms with van der Waals surface area (Å²) in [7, 11) is 0. The first-order chi connectivity index (χ1) is 4.61. The second-order valence-corrected chi connectivity index (χ2v) is 1.51. The molecule has 0 N–H and O–H groups in total. The number of halogens is 6. The molecule has 0 atom stereocenters. The number of hydrogen-bond donors (Lipinski definition) is 0. The van der Waals surface area contributed by atoms with Gasteiger partial charge in [0.25, 0.3) is 0 Å². The van der Waals surface area contributed by atoms with Crippen molar-refractivity contribution in [3.63, 3.8) is 0 Å². The van der Waals surface area contributed by atoms with Crippen molar-refractivity contribution < 1.29 is 51.5 Å². The van der Waals surface area contributed by atoms with Gasteiger partial charge in [-0.05, 0) is 0 Å². The summed E-state index contributed by atoms with van der Waals surface area (Å²) >= 11 is 0. The van der Waals surface area contributed by atoms with Crippen LogP contribution in [0.5, 0.6) is 0 Å². The van der Waals surface area contributed by atoms with E-state index >= 15 is 0 Å². The molecule has 0 aliphatic heterocycles. The van der Waals surface area contributed by atoms with Crippen LogP contribution >= 0.6 is 0 Å². The fraction of sp³-hybridized carbons (Fsp3) is 0. The maximum absolute atomic E-state index is 11.9. The molecule has 0 aromatic heterocycles. The van der Waals surface area contributed by atoms with Gasteiger partial charge in [0.1, 0.15) is 0 Å². The Labute approximate surface area is 132 Å². The second-order valence-electron chi connectivity index (χ2n) is 1.51. The quantitative estimate of drug-likeness (QED) is 0.189. The van der Waals surface area contributed by atoms with Crippen LogP contribution in [0.25, 0.3) is 0 Å². The van der Waals surface area contributed by atoms with Crippen LogP contribution in [0.4, 0.5) is 17.6 Å². The molecule has 0 nitrogen and oxygen atoms in total. The zero-order valence-electron chi connectivity index (χ0n) is 6.68. The van der Waals surface area contributed by atoms with Gasteiger partial charge in [-0.1, -0.05) is 23.3 Å². The van der Waals surface area contributed by atoms with E-state index in [1.807, 2.05) is 0 Å². The number of hydrogen-bond acceptors (Lipinski definition) is 0. The zero-order valence-corrected chi connectivity index (χ0v) is 12.7. The minimum Gasteiger partial charge on any atom is -1.00 e. The third-order valence-electron chi connectivity index (χ3n) is 0.824. The van der Waals surface area contributed by atoms with Crippen LogP contribution in [-0.2, 0) is 0 Å². The standard InChI is InChI=1S/C6F4.2BrH.2Mg/c7-3-1-4(8)6(10)2-5(3)9;;;;/h;2*1H;;/q-2;;;2*+2/p-2. The summed E-state index contributed by atoms with van der Waals surface area (Å²) in [6.45, 7) is 0. The van der Waals surface area contributed by atoms with E-state index in [4.69, 9.17) is 0 Å². The van der Waals surface area contributed by atoms with Crippen LogP contribution in [0.2, 0.25) is 0 Å². The Morgan fingerprint density at radius 2 is 0.714 bits per heavy atom. The molecule has 0 heterocycles. The average molecular weight is 356 g/mol. The molecule has 0 amide bonds. The molecular formula is C6Br2F4Mg2. The topological polar surface area (TPSA) is 0 Å². The van der Waals surface area contributed by atoms with Gasteiger partial charge in [0.2, 0.25) is 0 Å². The van der Waals surface area contributed by atoms with Crippen LogP contribution in [0.15, 0.2) is 0 Å². The summed E-state index contributed by atoms with van der Waals surface area (Å²) in [5, 5.41) is 0. The molecule has 0 bridgehead atoms. The van der Waals surface area contributed by atoms with E-state index in [9.17, 15) is 17.6 Å².